The van der Waals surface area contributed by atoms with E-state index < -0.39 is 23.4 Å². The molecule has 3 aromatic rings. The van der Waals surface area contributed by atoms with Crippen molar-refractivity contribution >= 4 is 11.5 Å². The molecule has 0 aromatic heterocycles. The van der Waals surface area contributed by atoms with Crippen LogP contribution in [-0.4, -0.2) is 11.3 Å². The van der Waals surface area contributed by atoms with Crippen molar-refractivity contribution in [3.05, 3.63) is 82.9 Å². The monoisotopic (exact) mass is 437 g/mol. The summed E-state index contributed by atoms with van der Waals surface area (Å²) in [5.41, 5.74) is 2.56. The van der Waals surface area contributed by atoms with Crippen LogP contribution in [-0.2, 0) is 6.18 Å². The number of halogens is 3. The molecule has 0 fully saturated rings. The summed E-state index contributed by atoms with van der Waals surface area (Å²) in [7, 11) is 0. The third-order valence-corrected chi connectivity index (χ3v) is 6.63. The van der Waals surface area contributed by atoms with Gasteiger partial charge in [-0.25, -0.2) is 0 Å². The van der Waals surface area contributed by atoms with Gasteiger partial charge in [0.15, 0.2) is 11.9 Å². The number of benzene rings is 3. The fraction of sp³-hybridized carbons (Fsp3) is 0.269. The van der Waals surface area contributed by atoms with Gasteiger partial charge >= 0.3 is 6.18 Å². The Bertz CT molecular complexity index is 1250. The smallest absolute Gasteiger partial charge is 0.416 e. The largest absolute Gasteiger partial charge is 0.480 e. The number of hydrogen-bond donors (Lipinski definition) is 1. The number of alkyl halides is 3. The van der Waals surface area contributed by atoms with Gasteiger partial charge in [0.2, 0.25) is 0 Å². The summed E-state index contributed by atoms with van der Waals surface area (Å²) in [6, 6.07) is 16.3. The van der Waals surface area contributed by atoms with Crippen molar-refractivity contribution in [1.29, 1.82) is 0 Å². The van der Waals surface area contributed by atoms with Gasteiger partial charge in [0, 0.05) is 33.8 Å². The first-order valence-electron chi connectivity index (χ1n) is 10.5. The van der Waals surface area contributed by atoms with Crippen molar-refractivity contribution in [2.45, 2.75) is 38.6 Å². The lowest BCUT2D eigenvalue weighted by Gasteiger charge is -2.41. The summed E-state index contributed by atoms with van der Waals surface area (Å²) in [6.45, 7) is 5.80. The molecule has 3 aromatic carbocycles. The number of rotatable bonds is 1. The Morgan fingerprint density at radius 3 is 2.47 bits per heavy atom. The SMILES string of the molecule is C[C@H]1C(=O)c2c(ccc3c2[C@H](c2cccc(C(F)(F)F)c2)Oc2ccccc2-3)NC1(C)C. The van der Waals surface area contributed by atoms with E-state index in [1.165, 1.54) is 6.07 Å². The molecule has 2 aliphatic rings. The molecule has 6 heteroatoms. The van der Waals surface area contributed by atoms with Crippen LogP contribution in [0.15, 0.2) is 60.7 Å². The third kappa shape index (κ3) is 3.08. The van der Waals surface area contributed by atoms with E-state index in [-0.39, 0.29) is 11.7 Å². The van der Waals surface area contributed by atoms with Gasteiger partial charge in [0.1, 0.15) is 5.75 Å². The number of carbonyl (C=O) groups is 1. The van der Waals surface area contributed by atoms with Crippen LogP contribution in [0, 0.1) is 5.92 Å². The third-order valence-electron chi connectivity index (χ3n) is 6.63. The van der Waals surface area contributed by atoms with E-state index >= 15 is 0 Å². The van der Waals surface area contributed by atoms with Gasteiger partial charge in [-0.2, -0.15) is 13.2 Å². The van der Waals surface area contributed by atoms with Crippen molar-refractivity contribution < 1.29 is 22.7 Å². The number of carbonyl (C=O) groups excluding carboxylic acids is 1. The van der Waals surface area contributed by atoms with Gasteiger partial charge < -0.3 is 10.1 Å². The number of anilines is 1. The fourth-order valence-corrected chi connectivity index (χ4v) is 4.59. The van der Waals surface area contributed by atoms with Crippen LogP contribution in [0.25, 0.3) is 11.1 Å². The summed E-state index contributed by atoms with van der Waals surface area (Å²) < 4.78 is 46.6. The van der Waals surface area contributed by atoms with E-state index in [0.717, 1.165) is 23.3 Å². The maximum Gasteiger partial charge on any atom is 0.416 e. The first kappa shape index (κ1) is 20.6. The molecule has 0 unspecified atom stereocenters. The minimum absolute atomic E-state index is 0.0412. The lowest BCUT2D eigenvalue weighted by molar-refractivity contribution is -0.137. The lowest BCUT2D eigenvalue weighted by Crippen LogP contribution is -2.47. The highest BCUT2D eigenvalue weighted by Crippen LogP contribution is 2.50. The number of hydrogen-bond acceptors (Lipinski definition) is 3. The number of fused-ring (bicyclic) bond motifs is 5. The van der Waals surface area contributed by atoms with Gasteiger partial charge in [-0.05, 0) is 49.2 Å². The molecule has 0 spiro atoms. The van der Waals surface area contributed by atoms with Crippen molar-refractivity contribution in [3.8, 4) is 16.9 Å². The molecule has 0 saturated heterocycles. The van der Waals surface area contributed by atoms with Crippen LogP contribution in [0.1, 0.15) is 53.9 Å². The molecule has 0 bridgehead atoms. The molecule has 164 valence electrons. The number of para-hydroxylation sites is 1. The minimum atomic E-state index is -4.47. The molecule has 2 atom stereocenters. The van der Waals surface area contributed by atoms with Crippen LogP contribution >= 0.6 is 0 Å². The average Bonchev–Trinajstić information content (AvgIpc) is 2.75. The minimum Gasteiger partial charge on any atom is -0.480 e. The molecule has 0 aliphatic carbocycles. The second kappa shape index (κ2) is 6.86. The van der Waals surface area contributed by atoms with Gasteiger partial charge in [-0.1, -0.05) is 43.3 Å². The normalized spacial score (nSPS) is 21.0. The molecule has 5 rings (SSSR count). The highest BCUT2D eigenvalue weighted by molar-refractivity contribution is 6.08. The maximum atomic E-state index is 13.5. The number of ketones is 1. The summed E-state index contributed by atoms with van der Waals surface area (Å²) >= 11 is 0. The van der Waals surface area contributed by atoms with Crippen molar-refractivity contribution in [2.75, 3.05) is 5.32 Å². The predicted octanol–water partition coefficient (Wildman–Crippen LogP) is 6.88. The van der Waals surface area contributed by atoms with Crippen molar-refractivity contribution in [1.82, 2.24) is 0 Å². The number of nitrogens with one attached hydrogen (secondary N) is 1. The van der Waals surface area contributed by atoms with E-state index in [2.05, 4.69) is 5.32 Å². The Balaban J connectivity index is 1.78. The van der Waals surface area contributed by atoms with Crippen molar-refractivity contribution in [3.63, 3.8) is 0 Å². The maximum absolute atomic E-state index is 13.5. The van der Waals surface area contributed by atoms with Crippen LogP contribution in [0.4, 0.5) is 18.9 Å². The van der Waals surface area contributed by atoms with E-state index in [1.54, 1.807) is 12.1 Å². The first-order valence-corrected chi connectivity index (χ1v) is 10.5. The standard InChI is InChI=1S/C26H22F3NO2/c1-14-23(31)22-19(30-25(14,2)3)12-11-18-17-9-4-5-10-20(17)32-24(21(18)22)15-7-6-8-16(13-15)26(27,28)29/h4-14,24,30H,1-3H3/t14-,24-/m0/s1. The van der Waals surface area contributed by atoms with Crippen LogP contribution in [0.2, 0.25) is 0 Å². The second-order valence-electron chi connectivity index (χ2n) is 9.00. The molecule has 0 radical (unpaired) electrons. The van der Waals surface area contributed by atoms with E-state index in [1.807, 2.05) is 51.1 Å². The lowest BCUT2D eigenvalue weighted by atomic mass is 9.74. The molecule has 2 heterocycles. The quantitative estimate of drug-likeness (QED) is 0.451. The van der Waals surface area contributed by atoms with Crippen LogP contribution in [0.5, 0.6) is 5.75 Å². The highest BCUT2D eigenvalue weighted by Gasteiger charge is 2.43. The Morgan fingerprint density at radius 1 is 0.969 bits per heavy atom. The summed E-state index contributed by atoms with van der Waals surface area (Å²) in [5, 5.41) is 3.44. The van der Waals surface area contributed by atoms with E-state index in [0.29, 0.717) is 28.1 Å². The topological polar surface area (TPSA) is 38.3 Å². The molecule has 2 aliphatic heterocycles. The molecule has 3 nitrogen and oxygen atoms in total. The van der Waals surface area contributed by atoms with Gasteiger partial charge in [0.25, 0.3) is 0 Å². The number of Topliss-reactive ketones (excluding diaryl/α,β-unsaturated/α-hetero) is 1. The van der Waals surface area contributed by atoms with E-state index in [4.69, 9.17) is 4.74 Å². The zero-order chi connectivity index (χ0) is 22.8. The Hall–Kier alpha value is -3.28. The van der Waals surface area contributed by atoms with Crippen LogP contribution < -0.4 is 10.1 Å². The average molecular weight is 437 g/mol. The van der Waals surface area contributed by atoms with E-state index in [9.17, 15) is 18.0 Å². The predicted molar refractivity (Wildman–Crippen MR) is 117 cm³/mol. The Labute approximate surface area is 184 Å². The van der Waals surface area contributed by atoms with Gasteiger partial charge in [-0.15, -0.1) is 0 Å². The highest BCUT2D eigenvalue weighted by atomic mass is 19.4. The van der Waals surface area contributed by atoms with Crippen LogP contribution in [0.3, 0.4) is 0 Å². The Morgan fingerprint density at radius 2 is 1.72 bits per heavy atom. The Kier molecular flexibility index (Phi) is 4.42. The molecule has 0 saturated carbocycles. The van der Waals surface area contributed by atoms with Crippen molar-refractivity contribution in [2.24, 2.45) is 5.92 Å². The second-order valence-corrected chi connectivity index (χ2v) is 9.00. The summed E-state index contributed by atoms with van der Waals surface area (Å²) in [5.74, 6) is 0.216. The molecular formula is C26H22F3NO2. The van der Waals surface area contributed by atoms with Gasteiger partial charge in [0.05, 0.1) is 5.56 Å². The summed E-state index contributed by atoms with van der Waals surface area (Å²) in [6.07, 6.45) is -5.31. The zero-order valence-corrected chi connectivity index (χ0v) is 17.9. The number of ether oxygens (including phenoxy) is 1. The fourth-order valence-electron chi connectivity index (χ4n) is 4.59. The molecule has 32 heavy (non-hydrogen) atoms. The van der Waals surface area contributed by atoms with Gasteiger partial charge in [-0.3, -0.25) is 4.79 Å². The summed E-state index contributed by atoms with van der Waals surface area (Å²) in [4.78, 5) is 13.5. The zero-order valence-electron chi connectivity index (χ0n) is 17.9. The first-order chi connectivity index (χ1) is 15.1. The molecule has 0 amide bonds. The molecule has 1 N–H and O–H groups in total. The molecular weight excluding hydrogens is 415 g/mol.